The summed E-state index contributed by atoms with van der Waals surface area (Å²) in [6.45, 7) is 0.832. The summed E-state index contributed by atoms with van der Waals surface area (Å²) < 4.78 is 21.3. The van der Waals surface area contributed by atoms with E-state index in [0.29, 0.717) is 54.8 Å². The van der Waals surface area contributed by atoms with Crippen LogP contribution in [0.5, 0.6) is 11.5 Å². The van der Waals surface area contributed by atoms with Crippen LogP contribution in [-0.2, 0) is 9.53 Å². The highest BCUT2D eigenvalue weighted by molar-refractivity contribution is 5.97. The maximum atomic E-state index is 13.3. The molecule has 0 spiro atoms. The highest BCUT2D eigenvalue weighted by Gasteiger charge is 2.42. The Kier molecular flexibility index (Phi) is 8.17. The topological polar surface area (TPSA) is 125 Å². The van der Waals surface area contributed by atoms with E-state index >= 15 is 0 Å². The van der Waals surface area contributed by atoms with Crippen molar-refractivity contribution >= 4 is 11.8 Å². The number of ether oxygens (including phenoxy) is 3. The lowest BCUT2D eigenvalue weighted by Gasteiger charge is -2.19. The van der Waals surface area contributed by atoms with Gasteiger partial charge in [-0.25, -0.2) is 0 Å². The van der Waals surface area contributed by atoms with Gasteiger partial charge < -0.3 is 29.4 Å². The minimum atomic E-state index is -0.397. The van der Waals surface area contributed by atoms with E-state index in [0.717, 1.165) is 5.56 Å². The summed E-state index contributed by atoms with van der Waals surface area (Å²) in [6.07, 6.45) is 0.886. The lowest BCUT2D eigenvalue weighted by Crippen LogP contribution is -2.37. The molecule has 0 saturated heterocycles. The van der Waals surface area contributed by atoms with Crippen molar-refractivity contribution in [3.8, 4) is 22.9 Å². The normalized spacial score (nSPS) is 19.0. The van der Waals surface area contributed by atoms with Crippen molar-refractivity contribution in [2.75, 3.05) is 34.5 Å². The first-order valence-corrected chi connectivity index (χ1v) is 11.7. The maximum Gasteiger partial charge on any atom is 0.255 e. The molecule has 190 valence electrons. The van der Waals surface area contributed by atoms with E-state index in [4.69, 9.17) is 18.7 Å². The van der Waals surface area contributed by atoms with Crippen LogP contribution in [0.2, 0.25) is 0 Å². The van der Waals surface area contributed by atoms with E-state index in [1.165, 1.54) is 7.11 Å². The van der Waals surface area contributed by atoms with Crippen molar-refractivity contribution in [3.63, 3.8) is 0 Å². The van der Waals surface area contributed by atoms with Crippen LogP contribution in [0.25, 0.3) is 11.4 Å². The van der Waals surface area contributed by atoms with Gasteiger partial charge in [-0.2, -0.15) is 4.98 Å². The van der Waals surface area contributed by atoms with Crippen molar-refractivity contribution in [2.24, 2.45) is 5.92 Å². The monoisotopic (exact) mass is 494 g/mol. The molecule has 1 aliphatic carbocycles. The number of rotatable bonds is 10. The molecule has 4 rings (SSSR count). The first-order chi connectivity index (χ1) is 17.5. The SMILES string of the molecule is COCCNC(=O)[C@H]1C[C@H](NC(=O)c2ccc(OC)cc2OC)[C@H](c2nc(-c3ccccc3)no2)C1. The van der Waals surface area contributed by atoms with E-state index < -0.39 is 6.04 Å². The van der Waals surface area contributed by atoms with Gasteiger partial charge in [0.1, 0.15) is 11.5 Å². The van der Waals surface area contributed by atoms with Crippen LogP contribution in [0.1, 0.15) is 35.0 Å². The van der Waals surface area contributed by atoms with E-state index in [-0.39, 0.29) is 23.7 Å². The molecule has 1 saturated carbocycles. The minimum absolute atomic E-state index is 0.0985. The van der Waals surface area contributed by atoms with Gasteiger partial charge in [-0.15, -0.1) is 0 Å². The lowest BCUT2D eigenvalue weighted by molar-refractivity contribution is -0.125. The summed E-state index contributed by atoms with van der Waals surface area (Å²) in [5, 5.41) is 10.1. The van der Waals surface area contributed by atoms with Gasteiger partial charge >= 0.3 is 0 Å². The van der Waals surface area contributed by atoms with Gasteiger partial charge in [0.2, 0.25) is 17.6 Å². The second kappa shape index (κ2) is 11.7. The Hall–Kier alpha value is -3.92. The van der Waals surface area contributed by atoms with Crippen molar-refractivity contribution in [3.05, 3.63) is 60.0 Å². The molecule has 2 amide bonds. The van der Waals surface area contributed by atoms with Gasteiger partial charge in [0.15, 0.2) is 0 Å². The van der Waals surface area contributed by atoms with Gasteiger partial charge in [0.05, 0.1) is 32.3 Å². The van der Waals surface area contributed by atoms with Gasteiger partial charge in [0.25, 0.3) is 5.91 Å². The van der Waals surface area contributed by atoms with Crippen LogP contribution in [0.4, 0.5) is 0 Å². The van der Waals surface area contributed by atoms with Crippen LogP contribution in [0.15, 0.2) is 53.1 Å². The van der Waals surface area contributed by atoms with Gasteiger partial charge in [-0.1, -0.05) is 35.5 Å². The van der Waals surface area contributed by atoms with Gasteiger partial charge in [0, 0.05) is 37.2 Å². The van der Waals surface area contributed by atoms with Crippen LogP contribution in [-0.4, -0.2) is 62.5 Å². The molecule has 1 aromatic heterocycles. The number of carbonyl (C=O) groups excluding carboxylic acids is 2. The molecule has 0 unspecified atom stereocenters. The molecule has 10 heteroatoms. The van der Waals surface area contributed by atoms with Crippen molar-refractivity contribution in [1.82, 2.24) is 20.8 Å². The van der Waals surface area contributed by atoms with Gasteiger partial charge in [-0.05, 0) is 25.0 Å². The minimum Gasteiger partial charge on any atom is -0.497 e. The molecule has 3 atom stereocenters. The predicted molar refractivity (Wildman–Crippen MR) is 131 cm³/mol. The second-order valence-corrected chi connectivity index (χ2v) is 8.53. The Morgan fingerprint density at radius 1 is 1.06 bits per heavy atom. The molecule has 3 aromatic rings. The highest BCUT2D eigenvalue weighted by atomic mass is 16.5. The number of amides is 2. The summed E-state index contributed by atoms with van der Waals surface area (Å²) in [4.78, 5) is 30.7. The van der Waals surface area contributed by atoms with Crippen LogP contribution in [0.3, 0.4) is 0 Å². The first kappa shape index (κ1) is 25.2. The summed E-state index contributed by atoms with van der Waals surface area (Å²) in [6, 6.07) is 14.1. The Labute approximate surface area is 209 Å². The number of aromatic nitrogens is 2. The van der Waals surface area contributed by atoms with Crippen LogP contribution < -0.4 is 20.1 Å². The van der Waals surface area contributed by atoms with Crippen LogP contribution >= 0.6 is 0 Å². The fourth-order valence-electron chi connectivity index (χ4n) is 4.43. The fourth-order valence-corrected chi connectivity index (χ4v) is 4.43. The third-order valence-corrected chi connectivity index (χ3v) is 6.30. The molecule has 36 heavy (non-hydrogen) atoms. The molecule has 2 aromatic carbocycles. The predicted octanol–water partition coefficient (Wildman–Crippen LogP) is 2.81. The average molecular weight is 495 g/mol. The Morgan fingerprint density at radius 2 is 1.86 bits per heavy atom. The van der Waals surface area contributed by atoms with Gasteiger partial charge in [-0.3, -0.25) is 9.59 Å². The summed E-state index contributed by atoms with van der Waals surface area (Å²) >= 11 is 0. The molecule has 0 bridgehead atoms. The zero-order valence-corrected chi connectivity index (χ0v) is 20.5. The van der Waals surface area contributed by atoms with E-state index in [2.05, 4.69) is 20.8 Å². The van der Waals surface area contributed by atoms with E-state index in [1.807, 2.05) is 30.3 Å². The molecular formula is C26H30N4O6. The largest absolute Gasteiger partial charge is 0.497 e. The Morgan fingerprint density at radius 3 is 2.58 bits per heavy atom. The standard InChI is InChI=1S/C26H30N4O6/c1-33-12-11-27-24(31)17-13-20(26-29-23(30-36-26)16-7-5-4-6-8-16)21(14-17)28-25(32)19-10-9-18(34-2)15-22(19)35-3/h4-10,15,17,20-21H,11-14H2,1-3H3,(H,27,31)(H,28,32)/t17-,20-,21+/m1/s1. The Balaban J connectivity index is 1.57. The molecule has 1 fully saturated rings. The summed E-state index contributed by atoms with van der Waals surface area (Å²) in [7, 11) is 4.62. The number of methoxy groups -OCH3 is 3. The third-order valence-electron chi connectivity index (χ3n) is 6.30. The molecular weight excluding hydrogens is 464 g/mol. The molecule has 2 N–H and O–H groups in total. The average Bonchev–Trinajstić information content (AvgIpc) is 3.56. The number of hydrogen-bond donors (Lipinski definition) is 2. The zero-order chi connectivity index (χ0) is 25.5. The number of nitrogens with zero attached hydrogens (tertiary/aromatic N) is 2. The summed E-state index contributed by atoms with van der Waals surface area (Å²) in [5.74, 6) is 0.719. The maximum absolute atomic E-state index is 13.3. The number of carbonyl (C=O) groups is 2. The van der Waals surface area contributed by atoms with E-state index in [9.17, 15) is 9.59 Å². The molecule has 0 aliphatic heterocycles. The van der Waals surface area contributed by atoms with Crippen LogP contribution in [0, 0.1) is 5.92 Å². The highest BCUT2D eigenvalue weighted by Crippen LogP contribution is 2.39. The number of hydrogen-bond acceptors (Lipinski definition) is 8. The van der Waals surface area contributed by atoms with Crippen molar-refractivity contribution in [2.45, 2.75) is 24.8 Å². The van der Waals surface area contributed by atoms with E-state index in [1.54, 1.807) is 32.4 Å². The summed E-state index contributed by atoms with van der Waals surface area (Å²) in [5.41, 5.74) is 1.18. The second-order valence-electron chi connectivity index (χ2n) is 8.53. The fraction of sp³-hybridized carbons (Fsp3) is 0.385. The Bertz CT molecular complexity index is 1180. The number of nitrogens with one attached hydrogen (secondary N) is 2. The quantitative estimate of drug-likeness (QED) is 0.412. The zero-order valence-electron chi connectivity index (χ0n) is 20.5. The van der Waals surface area contributed by atoms with Crippen molar-refractivity contribution < 1.29 is 28.3 Å². The third kappa shape index (κ3) is 5.65. The molecule has 1 aliphatic rings. The lowest BCUT2D eigenvalue weighted by atomic mass is 10.0. The molecule has 0 radical (unpaired) electrons. The first-order valence-electron chi connectivity index (χ1n) is 11.7. The van der Waals surface area contributed by atoms with Crippen molar-refractivity contribution in [1.29, 1.82) is 0 Å². The molecule has 1 heterocycles. The smallest absolute Gasteiger partial charge is 0.255 e. The number of benzene rings is 2. The molecule has 10 nitrogen and oxygen atoms in total.